The van der Waals surface area contributed by atoms with Gasteiger partial charge in [-0.1, -0.05) is 25.0 Å². The normalized spacial score (nSPS) is 20.4. The molecule has 3 rings (SSSR count). The maximum Gasteiger partial charge on any atom is 0.165 e. The summed E-state index contributed by atoms with van der Waals surface area (Å²) in [6, 6.07) is 5.65. The zero-order valence-electron chi connectivity index (χ0n) is 13.6. The van der Waals surface area contributed by atoms with Crippen LogP contribution in [0.5, 0.6) is 5.75 Å². The van der Waals surface area contributed by atoms with Crippen LogP contribution in [0.2, 0.25) is 0 Å². The molecule has 0 amide bonds. The maximum atomic E-state index is 14.1. The number of halogens is 3. The predicted octanol–water partition coefficient (Wildman–Crippen LogP) is 3.81. The Kier molecular flexibility index (Phi) is 8.62. The van der Waals surface area contributed by atoms with Gasteiger partial charge in [-0.15, -0.1) is 24.8 Å². The standard InChI is InChI=1S/C17H25FN2O.2ClH/c1-21-17-14(7-4-8-15(17)18)16(13-5-2-3-6-13)20-11-9-19-10-12-20;;/h4,7-8,13,16,19H,2-3,5-6,9-12H2,1H3;2*1H/t16-;;/m1../s1. The highest BCUT2D eigenvalue weighted by molar-refractivity contribution is 5.85. The average Bonchev–Trinajstić information content (AvgIpc) is 3.03. The summed E-state index contributed by atoms with van der Waals surface area (Å²) in [4.78, 5) is 2.52. The molecule has 132 valence electrons. The van der Waals surface area contributed by atoms with E-state index in [4.69, 9.17) is 4.74 Å². The first-order chi connectivity index (χ1) is 10.3. The van der Waals surface area contributed by atoms with Crippen molar-refractivity contribution in [3.63, 3.8) is 0 Å². The molecule has 0 bridgehead atoms. The van der Waals surface area contributed by atoms with Crippen LogP contribution in [0.15, 0.2) is 18.2 Å². The van der Waals surface area contributed by atoms with E-state index >= 15 is 0 Å². The smallest absolute Gasteiger partial charge is 0.165 e. The molecule has 0 radical (unpaired) electrons. The molecule has 1 aromatic rings. The molecule has 2 fully saturated rings. The van der Waals surface area contributed by atoms with Crippen molar-refractivity contribution in [3.05, 3.63) is 29.6 Å². The van der Waals surface area contributed by atoms with Crippen molar-refractivity contribution in [3.8, 4) is 5.75 Å². The predicted molar refractivity (Wildman–Crippen MR) is 96.6 cm³/mol. The summed E-state index contributed by atoms with van der Waals surface area (Å²) in [5.74, 6) is 0.819. The molecule has 6 heteroatoms. The second-order valence-corrected chi connectivity index (χ2v) is 6.14. The lowest BCUT2D eigenvalue weighted by Gasteiger charge is -2.39. The first-order valence-electron chi connectivity index (χ1n) is 8.08. The van der Waals surface area contributed by atoms with E-state index in [1.165, 1.54) is 31.7 Å². The topological polar surface area (TPSA) is 24.5 Å². The zero-order chi connectivity index (χ0) is 14.7. The SMILES string of the molecule is COc1c(F)cccc1[C@@H](C1CCCC1)N1CCNCC1.Cl.Cl. The number of benzene rings is 1. The average molecular weight is 365 g/mol. The van der Waals surface area contributed by atoms with E-state index in [-0.39, 0.29) is 30.6 Å². The molecule has 23 heavy (non-hydrogen) atoms. The summed E-state index contributed by atoms with van der Waals surface area (Å²) in [7, 11) is 1.57. The van der Waals surface area contributed by atoms with Gasteiger partial charge >= 0.3 is 0 Å². The van der Waals surface area contributed by atoms with Gasteiger partial charge in [0.15, 0.2) is 11.6 Å². The monoisotopic (exact) mass is 364 g/mol. The highest BCUT2D eigenvalue weighted by Crippen LogP contribution is 2.43. The van der Waals surface area contributed by atoms with Crippen LogP contribution in [-0.2, 0) is 0 Å². The van der Waals surface area contributed by atoms with Crippen LogP contribution in [0.4, 0.5) is 4.39 Å². The van der Waals surface area contributed by atoms with Gasteiger partial charge in [0, 0.05) is 37.8 Å². The highest BCUT2D eigenvalue weighted by Gasteiger charge is 2.34. The molecule has 2 aliphatic rings. The van der Waals surface area contributed by atoms with Crippen LogP contribution in [0.25, 0.3) is 0 Å². The molecule has 1 aliphatic carbocycles. The summed E-state index contributed by atoms with van der Waals surface area (Å²) in [6.45, 7) is 4.09. The Hall–Kier alpha value is -0.550. The minimum absolute atomic E-state index is 0. The van der Waals surface area contributed by atoms with Crippen LogP contribution in [0.3, 0.4) is 0 Å². The van der Waals surface area contributed by atoms with Gasteiger partial charge in [0.2, 0.25) is 0 Å². The lowest BCUT2D eigenvalue weighted by atomic mass is 9.89. The molecule has 1 saturated carbocycles. The van der Waals surface area contributed by atoms with E-state index < -0.39 is 0 Å². The number of ether oxygens (including phenoxy) is 1. The quantitative estimate of drug-likeness (QED) is 0.878. The maximum absolute atomic E-state index is 14.1. The van der Waals surface area contributed by atoms with E-state index in [1.54, 1.807) is 7.11 Å². The van der Waals surface area contributed by atoms with E-state index in [9.17, 15) is 4.39 Å². The van der Waals surface area contributed by atoms with Crippen molar-refractivity contribution >= 4 is 24.8 Å². The molecule has 1 heterocycles. The van der Waals surface area contributed by atoms with Crippen LogP contribution in [0.1, 0.15) is 37.3 Å². The first kappa shape index (κ1) is 20.5. The van der Waals surface area contributed by atoms with Crippen molar-refractivity contribution < 1.29 is 9.13 Å². The summed E-state index contributed by atoms with van der Waals surface area (Å²) < 4.78 is 19.5. The third-order valence-electron chi connectivity index (χ3n) is 4.91. The van der Waals surface area contributed by atoms with E-state index in [0.717, 1.165) is 31.7 Å². The lowest BCUT2D eigenvalue weighted by Crippen LogP contribution is -2.46. The fourth-order valence-electron chi connectivity index (χ4n) is 3.96. The number of nitrogens with zero attached hydrogens (tertiary/aromatic N) is 1. The van der Waals surface area contributed by atoms with E-state index in [0.29, 0.717) is 17.7 Å². The first-order valence-corrected chi connectivity index (χ1v) is 8.08. The highest BCUT2D eigenvalue weighted by atomic mass is 35.5. The number of piperazine rings is 1. The molecule has 1 atom stereocenters. The van der Waals surface area contributed by atoms with E-state index in [2.05, 4.69) is 10.2 Å². The minimum Gasteiger partial charge on any atom is -0.493 e. The summed E-state index contributed by atoms with van der Waals surface area (Å²) >= 11 is 0. The lowest BCUT2D eigenvalue weighted by molar-refractivity contribution is 0.122. The van der Waals surface area contributed by atoms with Crippen molar-refractivity contribution in [2.75, 3.05) is 33.3 Å². The second-order valence-electron chi connectivity index (χ2n) is 6.14. The number of hydrogen-bond acceptors (Lipinski definition) is 3. The fourth-order valence-corrected chi connectivity index (χ4v) is 3.96. The van der Waals surface area contributed by atoms with Gasteiger partial charge < -0.3 is 10.1 Å². The Labute approximate surface area is 150 Å². The number of para-hydroxylation sites is 1. The number of methoxy groups -OCH3 is 1. The van der Waals surface area contributed by atoms with Crippen LogP contribution in [-0.4, -0.2) is 38.2 Å². The van der Waals surface area contributed by atoms with Crippen LogP contribution < -0.4 is 10.1 Å². The molecule has 0 aromatic heterocycles. The van der Waals surface area contributed by atoms with Crippen LogP contribution >= 0.6 is 24.8 Å². The Morgan fingerprint density at radius 2 is 1.83 bits per heavy atom. The van der Waals surface area contributed by atoms with Gasteiger partial charge in [-0.05, 0) is 24.8 Å². The van der Waals surface area contributed by atoms with Gasteiger partial charge in [0.05, 0.1) is 7.11 Å². The summed E-state index contributed by atoms with van der Waals surface area (Å²) in [5, 5.41) is 3.40. The van der Waals surface area contributed by atoms with Gasteiger partial charge in [-0.25, -0.2) is 4.39 Å². The van der Waals surface area contributed by atoms with E-state index in [1.807, 2.05) is 12.1 Å². The molecule has 1 aliphatic heterocycles. The van der Waals surface area contributed by atoms with Gasteiger partial charge in [-0.3, -0.25) is 4.90 Å². The molecule has 1 N–H and O–H groups in total. The Morgan fingerprint density at radius 3 is 2.43 bits per heavy atom. The zero-order valence-corrected chi connectivity index (χ0v) is 15.2. The molecule has 3 nitrogen and oxygen atoms in total. The van der Waals surface area contributed by atoms with Crippen molar-refractivity contribution in [1.82, 2.24) is 10.2 Å². The molecule has 0 unspecified atom stereocenters. The van der Waals surface area contributed by atoms with Gasteiger partial charge in [0.1, 0.15) is 0 Å². The third-order valence-corrected chi connectivity index (χ3v) is 4.91. The summed E-state index contributed by atoms with van der Waals surface area (Å²) in [5.41, 5.74) is 1.03. The second kappa shape index (κ2) is 9.67. The van der Waals surface area contributed by atoms with Gasteiger partial charge in [-0.2, -0.15) is 0 Å². The Bertz CT molecular complexity index is 478. The molecule has 0 spiro atoms. The Morgan fingerprint density at radius 1 is 1.17 bits per heavy atom. The third kappa shape index (κ3) is 4.50. The van der Waals surface area contributed by atoms with Crippen molar-refractivity contribution in [1.29, 1.82) is 0 Å². The molecule has 1 saturated heterocycles. The Balaban J connectivity index is 0.00000132. The fraction of sp³-hybridized carbons (Fsp3) is 0.647. The molecular formula is C17H27Cl2FN2O. The minimum atomic E-state index is -0.242. The number of hydrogen-bond donors (Lipinski definition) is 1. The number of nitrogens with one attached hydrogen (secondary N) is 1. The van der Waals surface area contributed by atoms with Crippen LogP contribution in [0, 0.1) is 11.7 Å². The largest absolute Gasteiger partial charge is 0.493 e. The van der Waals surface area contributed by atoms with Gasteiger partial charge in [0.25, 0.3) is 0 Å². The molecule has 1 aromatic carbocycles. The summed E-state index contributed by atoms with van der Waals surface area (Å²) in [6.07, 6.45) is 5.08. The van der Waals surface area contributed by atoms with Crippen molar-refractivity contribution in [2.24, 2.45) is 5.92 Å². The molecular weight excluding hydrogens is 338 g/mol. The number of rotatable bonds is 4. The van der Waals surface area contributed by atoms with Crippen molar-refractivity contribution in [2.45, 2.75) is 31.7 Å².